The highest BCUT2D eigenvalue weighted by Crippen LogP contribution is 2.12. The van der Waals surface area contributed by atoms with Crippen molar-refractivity contribution >= 4 is 5.97 Å². The van der Waals surface area contributed by atoms with Gasteiger partial charge in [-0.05, 0) is 12.5 Å². The summed E-state index contributed by atoms with van der Waals surface area (Å²) in [6.07, 6.45) is 20.5. The Balaban J connectivity index is 1.90. The maximum Gasteiger partial charge on any atom is 0.228 e. The number of carbonyl (C=O) groups is 1. The molecule has 0 radical (unpaired) electrons. The molecule has 0 aliphatic carbocycles. The number of nitrogens with zero attached hydrogens (tertiary/aromatic N) is 1. The average Bonchev–Trinajstić information content (AvgIpc) is 2.62. The van der Waals surface area contributed by atoms with Crippen LogP contribution in [0.3, 0.4) is 0 Å². The van der Waals surface area contributed by atoms with Gasteiger partial charge in [0, 0.05) is 18.6 Å². The molecule has 0 aromatic carbocycles. The minimum atomic E-state index is -1.09. The fourth-order valence-corrected chi connectivity index (χ4v) is 3.33. The van der Waals surface area contributed by atoms with Crippen LogP contribution in [0.1, 0.15) is 107 Å². The number of hydrogen-bond donors (Lipinski definition) is 0. The Kier molecular flexibility index (Phi) is 12.9. The Hall–Kier alpha value is -1.38. The Morgan fingerprint density at radius 2 is 1.28 bits per heavy atom. The number of aryl methyl sites for hydroxylation is 1. The summed E-state index contributed by atoms with van der Waals surface area (Å²) in [5.41, 5.74) is 0.275. The van der Waals surface area contributed by atoms with Crippen LogP contribution in [0.2, 0.25) is 0 Å². The van der Waals surface area contributed by atoms with E-state index in [2.05, 4.69) is 6.92 Å². The summed E-state index contributed by atoms with van der Waals surface area (Å²) >= 11 is 0. The smallest absolute Gasteiger partial charge is 0.228 e. The van der Waals surface area contributed by atoms with Gasteiger partial charge in [-0.2, -0.15) is 4.57 Å². The number of aromatic nitrogens is 1. The highest BCUT2D eigenvalue weighted by Gasteiger charge is 2.09. The van der Waals surface area contributed by atoms with Crippen LogP contribution in [-0.4, -0.2) is 5.97 Å². The van der Waals surface area contributed by atoms with Crippen LogP contribution in [-0.2, 0) is 6.54 Å². The minimum absolute atomic E-state index is 0.275. The lowest BCUT2D eigenvalue weighted by molar-refractivity contribution is -0.701. The van der Waals surface area contributed by atoms with Gasteiger partial charge in [0.2, 0.25) is 5.69 Å². The van der Waals surface area contributed by atoms with E-state index in [1.165, 1.54) is 83.5 Å². The van der Waals surface area contributed by atoms with Crippen molar-refractivity contribution in [1.29, 1.82) is 0 Å². The summed E-state index contributed by atoms with van der Waals surface area (Å²) < 4.78 is 1.79. The number of hydrogen-bond acceptors (Lipinski definition) is 2. The maximum atomic E-state index is 11.0. The highest BCUT2D eigenvalue weighted by molar-refractivity contribution is 5.81. The zero-order valence-electron chi connectivity index (χ0n) is 16.2. The highest BCUT2D eigenvalue weighted by atomic mass is 16.4. The van der Waals surface area contributed by atoms with Gasteiger partial charge in [0.1, 0.15) is 12.5 Å². The maximum absolute atomic E-state index is 11.0. The molecule has 1 aromatic rings. The molecule has 0 unspecified atom stereocenters. The molecule has 0 aliphatic rings. The molecule has 0 bridgehead atoms. The van der Waals surface area contributed by atoms with Gasteiger partial charge in [-0.3, -0.25) is 0 Å². The summed E-state index contributed by atoms with van der Waals surface area (Å²) in [5, 5.41) is 11.0. The second kappa shape index (κ2) is 14.9. The van der Waals surface area contributed by atoms with Gasteiger partial charge >= 0.3 is 0 Å². The average molecular weight is 348 g/mol. The number of aromatic carboxylic acids is 1. The largest absolute Gasteiger partial charge is 0.539 e. The van der Waals surface area contributed by atoms with E-state index in [1.807, 2.05) is 12.3 Å². The second-order valence-corrected chi connectivity index (χ2v) is 7.16. The van der Waals surface area contributed by atoms with Crippen molar-refractivity contribution in [1.82, 2.24) is 0 Å². The molecule has 3 nitrogen and oxygen atoms in total. The molecule has 0 fully saturated rings. The van der Waals surface area contributed by atoms with E-state index in [0.29, 0.717) is 0 Å². The molecule has 0 N–H and O–H groups in total. The summed E-state index contributed by atoms with van der Waals surface area (Å²) in [7, 11) is 0. The molecule has 0 atom stereocenters. The topological polar surface area (TPSA) is 44.0 Å². The third-order valence-electron chi connectivity index (χ3n) is 4.90. The predicted molar refractivity (Wildman–Crippen MR) is 101 cm³/mol. The van der Waals surface area contributed by atoms with Crippen LogP contribution in [0.25, 0.3) is 0 Å². The Morgan fingerprint density at radius 1 is 0.800 bits per heavy atom. The number of carboxylic acids is 1. The van der Waals surface area contributed by atoms with Crippen molar-refractivity contribution in [3.8, 4) is 0 Å². The van der Waals surface area contributed by atoms with Gasteiger partial charge in [0.15, 0.2) is 6.20 Å². The number of pyridine rings is 1. The molecule has 0 saturated carbocycles. The molecule has 0 saturated heterocycles. The van der Waals surface area contributed by atoms with E-state index in [1.54, 1.807) is 16.7 Å². The Bertz CT molecular complexity index is 459. The van der Waals surface area contributed by atoms with E-state index in [0.717, 1.165) is 13.0 Å². The zero-order valence-corrected chi connectivity index (χ0v) is 16.2. The van der Waals surface area contributed by atoms with Crippen molar-refractivity contribution in [2.45, 2.75) is 103 Å². The lowest BCUT2D eigenvalue weighted by Gasteiger charge is -2.05. The molecule has 0 spiro atoms. The summed E-state index contributed by atoms with van der Waals surface area (Å²) in [6.45, 7) is 3.04. The summed E-state index contributed by atoms with van der Waals surface area (Å²) in [6, 6.07) is 5.22. The quantitative estimate of drug-likeness (QED) is 0.318. The van der Waals surface area contributed by atoms with Gasteiger partial charge in [-0.1, -0.05) is 84.0 Å². The predicted octanol–water partition coefficient (Wildman–Crippen LogP) is 4.82. The van der Waals surface area contributed by atoms with E-state index in [9.17, 15) is 9.90 Å². The van der Waals surface area contributed by atoms with Gasteiger partial charge in [-0.25, -0.2) is 0 Å². The first kappa shape index (κ1) is 21.7. The van der Waals surface area contributed by atoms with Crippen LogP contribution in [0, 0.1) is 0 Å². The van der Waals surface area contributed by atoms with Crippen molar-refractivity contribution in [2.75, 3.05) is 0 Å². The number of unbranched alkanes of at least 4 members (excludes halogenated alkanes) is 13. The fourth-order valence-electron chi connectivity index (χ4n) is 3.33. The van der Waals surface area contributed by atoms with Gasteiger partial charge in [0.05, 0.1) is 0 Å². The molecule has 0 amide bonds. The molecule has 3 heteroatoms. The van der Waals surface area contributed by atoms with Crippen molar-refractivity contribution in [3.63, 3.8) is 0 Å². The molecular formula is C22H37NO2. The number of carbonyl (C=O) groups excluding carboxylic acids is 1. The Labute approximate surface area is 154 Å². The van der Waals surface area contributed by atoms with Crippen LogP contribution in [0.15, 0.2) is 24.4 Å². The fraction of sp³-hybridized carbons (Fsp3) is 0.727. The molecular weight excluding hydrogens is 310 g/mol. The second-order valence-electron chi connectivity index (χ2n) is 7.16. The first-order chi connectivity index (χ1) is 12.3. The van der Waals surface area contributed by atoms with Crippen molar-refractivity contribution < 1.29 is 14.5 Å². The SMILES string of the molecule is CCCCCCCCCCCCCCCC[n+]1ccccc1C(=O)[O-]. The molecule has 1 heterocycles. The first-order valence-electron chi connectivity index (χ1n) is 10.5. The van der Waals surface area contributed by atoms with Crippen LogP contribution >= 0.6 is 0 Å². The number of rotatable bonds is 16. The van der Waals surface area contributed by atoms with Crippen LogP contribution in [0.5, 0.6) is 0 Å². The lowest BCUT2D eigenvalue weighted by Crippen LogP contribution is -2.44. The van der Waals surface area contributed by atoms with Gasteiger partial charge in [0.25, 0.3) is 0 Å². The van der Waals surface area contributed by atoms with E-state index in [4.69, 9.17) is 0 Å². The van der Waals surface area contributed by atoms with Crippen LogP contribution < -0.4 is 9.67 Å². The van der Waals surface area contributed by atoms with E-state index < -0.39 is 5.97 Å². The van der Waals surface area contributed by atoms with E-state index >= 15 is 0 Å². The number of carboxylic acid groups (broad SMARTS) is 1. The lowest BCUT2D eigenvalue weighted by atomic mass is 10.0. The normalized spacial score (nSPS) is 10.9. The molecule has 0 aliphatic heterocycles. The van der Waals surface area contributed by atoms with Crippen molar-refractivity contribution in [3.05, 3.63) is 30.1 Å². The first-order valence-corrected chi connectivity index (χ1v) is 10.5. The summed E-state index contributed by atoms with van der Waals surface area (Å²) in [4.78, 5) is 11.0. The van der Waals surface area contributed by atoms with Gasteiger partial charge in [-0.15, -0.1) is 0 Å². The molecule has 142 valence electrons. The van der Waals surface area contributed by atoms with Crippen LogP contribution in [0.4, 0.5) is 0 Å². The van der Waals surface area contributed by atoms with Crippen molar-refractivity contribution in [2.24, 2.45) is 0 Å². The standard InChI is InChI=1S/C22H37NO2/c1-2-3-4-5-6-7-8-9-10-11-12-13-14-16-19-23-20-17-15-18-21(23)22(24)25/h15,17-18,20H,2-14,16,19H2,1H3. The molecule has 25 heavy (non-hydrogen) atoms. The minimum Gasteiger partial charge on any atom is -0.539 e. The third-order valence-corrected chi connectivity index (χ3v) is 4.90. The monoisotopic (exact) mass is 347 g/mol. The van der Waals surface area contributed by atoms with Gasteiger partial charge < -0.3 is 9.90 Å². The third kappa shape index (κ3) is 11.0. The molecule has 1 aromatic heterocycles. The Morgan fingerprint density at radius 3 is 1.76 bits per heavy atom. The zero-order chi connectivity index (χ0) is 18.2. The summed E-state index contributed by atoms with van der Waals surface area (Å²) in [5.74, 6) is -1.09. The molecule has 1 rings (SSSR count). The van der Waals surface area contributed by atoms with E-state index in [-0.39, 0.29) is 5.69 Å².